The molecule has 0 aliphatic carbocycles. The van der Waals surface area contributed by atoms with Crippen LogP contribution in [0.5, 0.6) is 0 Å². The Morgan fingerprint density at radius 1 is 0.760 bits per heavy atom. The van der Waals surface area contributed by atoms with Crippen LogP contribution in [-0.2, 0) is 50.4 Å². The molecular formula is C33H37Cl2F4N5O6. The van der Waals surface area contributed by atoms with Gasteiger partial charge in [-0.25, -0.2) is 13.8 Å². The van der Waals surface area contributed by atoms with Crippen molar-refractivity contribution in [1.29, 1.82) is 0 Å². The number of aryl methyl sites for hydroxylation is 1. The Labute approximate surface area is 296 Å². The van der Waals surface area contributed by atoms with Crippen molar-refractivity contribution in [3.8, 4) is 0 Å². The average molecular weight is 747 g/mol. The summed E-state index contributed by atoms with van der Waals surface area (Å²) in [4.78, 5) is 53.4. The van der Waals surface area contributed by atoms with Crippen molar-refractivity contribution < 1.29 is 36.6 Å². The third-order valence-electron chi connectivity index (χ3n) is 6.39. The fraction of sp³-hybridized carbons (Fsp3) is 0.333. The smallest absolute Gasteiger partial charge is 0.326 e. The summed E-state index contributed by atoms with van der Waals surface area (Å²) in [5.74, 6) is -6.98. The molecule has 50 heavy (non-hydrogen) atoms. The van der Waals surface area contributed by atoms with E-state index in [1.54, 1.807) is 38.1 Å². The van der Waals surface area contributed by atoms with Crippen molar-refractivity contribution >= 4 is 35.9 Å². The predicted molar refractivity (Wildman–Crippen MR) is 181 cm³/mol. The van der Waals surface area contributed by atoms with Gasteiger partial charge < -0.3 is 24.3 Å². The standard InChI is InChI=1S/C17H18F2N2O3.C8H9ClN2O3.C8H9F2N.ClH/c1-2-24-15(22)12-21-11-10-20-14(16(21)23)8-9-17(18,19)13-6-4-3-5-7-13;1-2-14-6(12)5-11-4-3-10-7(9)8(11)13;9-8(10,6-11)7-4-2-1-3-5-7;/h3-7,10-11H,2,8-9,12H2,1H3;3-4H,2,5H2,1H3;1-5H,6,11H2;1H. The van der Waals surface area contributed by atoms with Crippen molar-refractivity contribution in [2.45, 2.75) is 51.6 Å². The fourth-order valence-corrected chi connectivity index (χ4v) is 4.09. The Hall–Kier alpha value is -4.60. The SMILES string of the molecule is CCOC(=O)Cn1ccnc(CCC(F)(F)c2ccccc2)c1=O.CCOC(=O)Cn1ccnc(Cl)c1=O.Cl.NCC(F)(F)c1ccccc1. The summed E-state index contributed by atoms with van der Waals surface area (Å²) in [6.07, 6.45) is 4.65. The van der Waals surface area contributed by atoms with Crippen molar-refractivity contribution in [1.82, 2.24) is 19.1 Å². The zero-order valence-corrected chi connectivity index (χ0v) is 28.7. The van der Waals surface area contributed by atoms with E-state index in [2.05, 4.69) is 14.7 Å². The van der Waals surface area contributed by atoms with Gasteiger partial charge in [-0.1, -0.05) is 72.3 Å². The molecule has 0 saturated heterocycles. The van der Waals surface area contributed by atoms with E-state index in [1.807, 2.05) is 0 Å². The number of rotatable bonds is 12. The monoisotopic (exact) mass is 745 g/mol. The van der Waals surface area contributed by atoms with Gasteiger partial charge in [0.2, 0.25) is 0 Å². The summed E-state index contributed by atoms with van der Waals surface area (Å²) in [6, 6.07) is 15.0. The van der Waals surface area contributed by atoms with E-state index in [4.69, 9.17) is 22.1 Å². The summed E-state index contributed by atoms with van der Waals surface area (Å²) < 4.78 is 65.6. The van der Waals surface area contributed by atoms with Gasteiger partial charge in [0.25, 0.3) is 23.0 Å². The molecule has 0 radical (unpaired) electrons. The molecule has 0 aliphatic rings. The molecule has 0 fully saturated rings. The summed E-state index contributed by atoms with van der Waals surface area (Å²) >= 11 is 5.48. The molecule has 0 unspecified atom stereocenters. The highest BCUT2D eigenvalue weighted by molar-refractivity contribution is 6.29. The van der Waals surface area contributed by atoms with Gasteiger partial charge in [0.05, 0.1) is 19.8 Å². The van der Waals surface area contributed by atoms with E-state index >= 15 is 0 Å². The Bertz CT molecular complexity index is 1750. The van der Waals surface area contributed by atoms with Crippen LogP contribution in [0.4, 0.5) is 17.6 Å². The number of alkyl halides is 4. The zero-order chi connectivity index (χ0) is 36.5. The molecule has 2 aromatic carbocycles. The van der Waals surface area contributed by atoms with Crippen LogP contribution in [0, 0.1) is 0 Å². The highest BCUT2D eigenvalue weighted by Gasteiger charge is 2.31. The quantitative estimate of drug-likeness (QED) is 0.154. The van der Waals surface area contributed by atoms with Gasteiger partial charge >= 0.3 is 11.9 Å². The number of benzene rings is 2. The number of halogens is 6. The van der Waals surface area contributed by atoms with Gasteiger partial charge in [0.1, 0.15) is 18.8 Å². The van der Waals surface area contributed by atoms with Gasteiger partial charge in [-0.3, -0.25) is 24.2 Å². The lowest BCUT2D eigenvalue weighted by Gasteiger charge is -2.16. The van der Waals surface area contributed by atoms with Crippen molar-refractivity contribution in [3.63, 3.8) is 0 Å². The number of nitrogens with two attached hydrogens (primary N) is 1. The molecule has 4 aromatic rings. The molecule has 0 saturated carbocycles. The molecule has 2 N–H and O–H groups in total. The number of esters is 2. The topological polar surface area (TPSA) is 148 Å². The molecule has 17 heteroatoms. The first-order valence-corrected chi connectivity index (χ1v) is 15.3. The van der Waals surface area contributed by atoms with E-state index in [0.29, 0.717) is 0 Å². The van der Waals surface area contributed by atoms with Crippen LogP contribution in [-0.4, -0.2) is 50.8 Å². The first-order chi connectivity index (χ1) is 23.2. The van der Waals surface area contributed by atoms with Gasteiger partial charge in [0, 0.05) is 48.8 Å². The van der Waals surface area contributed by atoms with Crippen molar-refractivity contribution in [3.05, 3.63) is 128 Å². The fourth-order valence-electron chi connectivity index (χ4n) is 3.93. The number of aromatic nitrogens is 4. The number of carbonyl (C=O) groups excluding carboxylic acids is 2. The highest BCUT2D eigenvalue weighted by Crippen LogP contribution is 2.32. The minimum absolute atomic E-state index is 0. The van der Waals surface area contributed by atoms with E-state index in [0.717, 1.165) is 9.13 Å². The predicted octanol–water partition coefficient (Wildman–Crippen LogP) is 5.15. The van der Waals surface area contributed by atoms with Gasteiger partial charge in [0.15, 0.2) is 5.15 Å². The summed E-state index contributed by atoms with van der Waals surface area (Å²) in [5.41, 5.74) is 3.70. The second kappa shape index (κ2) is 21.5. The lowest BCUT2D eigenvalue weighted by Crippen LogP contribution is -2.29. The summed E-state index contributed by atoms with van der Waals surface area (Å²) in [6.45, 7) is 2.79. The van der Waals surface area contributed by atoms with Crippen LogP contribution in [0.2, 0.25) is 5.15 Å². The normalized spacial score (nSPS) is 10.7. The second-order valence-electron chi connectivity index (χ2n) is 9.91. The molecule has 0 bridgehead atoms. The maximum Gasteiger partial charge on any atom is 0.326 e. The van der Waals surface area contributed by atoms with E-state index in [-0.39, 0.29) is 67.1 Å². The third kappa shape index (κ3) is 14.1. The lowest BCUT2D eigenvalue weighted by atomic mass is 10.0. The van der Waals surface area contributed by atoms with E-state index in [9.17, 15) is 36.7 Å². The molecule has 11 nitrogen and oxygen atoms in total. The molecule has 0 amide bonds. The van der Waals surface area contributed by atoms with Gasteiger partial charge in [-0.05, 0) is 13.8 Å². The molecule has 0 spiro atoms. The molecule has 0 atom stereocenters. The van der Waals surface area contributed by atoms with Crippen LogP contribution in [0.3, 0.4) is 0 Å². The Morgan fingerprint density at radius 2 is 1.20 bits per heavy atom. The minimum Gasteiger partial charge on any atom is -0.465 e. The number of hydrogen-bond acceptors (Lipinski definition) is 9. The Morgan fingerprint density at radius 3 is 1.66 bits per heavy atom. The summed E-state index contributed by atoms with van der Waals surface area (Å²) in [5, 5.41) is -0.156. The van der Waals surface area contributed by atoms with Crippen molar-refractivity contribution in [2.24, 2.45) is 5.73 Å². The lowest BCUT2D eigenvalue weighted by molar-refractivity contribution is -0.144. The molecule has 2 heterocycles. The molecule has 0 aliphatic heterocycles. The van der Waals surface area contributed by atoms with Crippen LogP contribution in [0.15, 0.2) is 95.0 Å². The first kappa shape index (κ1) is 43.4. The summed E-state index contributed by atoms with van der Waals surface area (Å²) in [7, 11) is 0. The maximum absolute atomic E-state index is 14.2. The number of nitrogens with zero attached hydrogens (tertiary/aromatic N) is 4. The largest absolute Gasteiger partial charge is 0.465 e. The molecule has 272 valence electrons. The molecular weight excluding hydrogens is 709 g/mol. The maximum atomic E-state index is 14.2. The Balaban J connectivity index is 0.000000408. The van der Waals surface area contributed by atoms with E-state index in [1.165, 1.54) is 61.2 Å². The van der Waals surface area contributed by atoms with Gasteiger partial charge in [-0.15, -0.1) is 12.4 Å². The van der Waals surface area contributed by atoms with Crippen LogP contribution in [0.25, 0.3) is 0 Å². The van der Waals surface area contributed by atoms with Crippen molar-refractivity contribution in [2.75, 3.05) is 19.8 Å². The van der Waals surface area contributed by atoms with E-state index < -0.39 is 47.9 Å². The third-order valence-corrected chi connectivity index (χ3v) is 6.65. The van der Waals surface area contributed by atoms with Crippen LogP contribution < -0.4 is 16.9 Å². The number of ether oxygens (including phenoxy) is 2. The number of hydrogen-bond donors (Lipinski definition) is 1. The zero-order valence-electron chi connectivity index (χ0n) is 27.1. The Kier molecular flexibility index (Phi) is 18.7. The van der Waals surface area contributed by atoms with Gasteiger partial charge in [-0.2, -0.15) is 8.78 Å². The molecule has 4 rings (SSSR count). The molecule has 2 aromatic heterocycles. The number of carbonyl (C=O) groups is 2. The average Bonchev–Trinajstić information content (AvgIpc) is 3.09. The van der Waals surface area contributed by atoms with Crippen LogP contribution >= 0.6 is 24.0 Å². The highest BCUT2D eigenvalue weighted by atomic mass is 35.5. The van der Waals surface area contributed by atoms with Crippen LogP contribution in [0.1, 0.15) is 37.1 Å². The second-order valence-corrected chi connectivity index (χ2v) is 10.3. The first-order valence-electron chi connectivity index (χ1n) is 14.9. The minimum atomic E-state index is -3.06.